The van der Waals surface area contributed by atoms with Gasteiger partial charge < -0.3 is 5.11 Å². The average molecular weight is 647 g/mol. The molecule has 0 unspecified atom stereocenters. The maximum atomic E-state index is 13.1. The maximum Gasteiger partial charge on any atom is 0.415 e. The number of aliphatic hydroxyl groups excluding tert-OH is 1. The molecule has 7 heteroatoms. The summed E-state index contributed by atoms with van der Waals surface area (Å²) in [5.41, 5.74) is 1.49. The number of aromatic nitrogens is 1. The molecule has 3 aromatic rings. The minimum absolute atomic E-state index is 0. The average Bonchev–Trinajstić information content (AvgIpc) is 2.78. The van der Waals surface area contributed by atoms with Crippen molar-refractivity contribution in [3.63, 3.8) is 0 Å². The van der Waals surface area contributed by atoms with Gasteiger partial charge in [-0.2, -0.15) is 13.2 Å². The van der Waals surface area contributed by atoms with E-state index in [0.29, 0.717) is 17.2 Å². The molecule has 2 aromatic carbocycles. The molecule has 0 spiro atoms. The number of alkyl halides is 3. The zero-order valence-electron chi connectivity index (χ0n) is 19.1. The Hall–Kier alpha value is -2.50. The van der Waals surface area contributed by atoms with Gasteiger partial charge in [0.05, 0.1) is 11.3 Å². The predicted molar refractivity (Wildman–Crippen MR) is 124 cm³/mol. The van der Waals surface area contributed by atoms with Crippen molar-refractivity contribution in [1.82, 2.24) is 4.98 Å². The molecule has 183 valence electrons. The van der Waals surface area contributed by atoms with Crippen molar-refractivity contribution in [2.45, 2.75) is 58.0 Å². The van der Waals surface area contributed by atoms with Gasteiger partial charge in [-0.1, -0.05) is 54.5 Å². The van der Waals surface area contributed by atoms with Crippen LogP contribution in [0.3, 0.4) is 0 Å². The third kappa shape index (κ3) is 7.51. The molecule has 0 amide bonds. The molecule has 0 bridgehead atoms. The van der Waals surface area contributed by atoms with E-state index in [4.69, 9.17) is 5.11 Å². The number of nitrogens with zero attached hydrogens (tertiary/aromatic N) is 1. The van der Waals surface area contributed by atoms with Crippen molar-refractivity contribution in [2.75, 3.05) is 0 Å². The molecular weight excluding hydrogens is 620 g/mol. The van der Waals surface area contributed by atoms with Crippen LogP contribution < -0.4 is 0 Å². The van der Waals surface area contributed by atoms with E-state index >= 15 is 0 Å². The Bertz CT molecular complexity index is 1150. The number of halogens is 3. The summed E-state index contributed by atoms with van der Waals surface area (Å²) in [6.07, 6.45) is 3.94. The summed E-state index contributed by atoms with van der Waals surface area (Å²) in [5.74, 6) is 0.389. The van der Waals surface area contributed by atoms with Crippen LogP contribution in [0.15, 0.2) is 60.5 Å². The number of allylic oxidation sites excluding steroid dienone is 2. The first-order valence-corrected chi connectivity index (χ1v) is 11.0. The van der Waals surface area contributed by atoms with Crippen molar-refractivity contribution in [3.8, 4) is 11.3 Å². The molecule has 0 aliphatic heterocycles. The second kappa shape index (κ2) is 12.3. The summed E-state index contributed by atoms with van der Waals surface area (Å²) in [4.78, 5) is 14.2. The Morgan fingerprint density at radius 3 is 2.35 bits per heavy atom. The van der Waals surface area contributed by atoms with Crippen molar-refractivity contribution in [1.29, 1.82) is 0 Å². The van der Waals surface area contributed by atoms with Crippen molar-refractivity contribution in [2.24, 2.45) is 0 Å². The van der Waals surface area contributed by atoms with Gasteiger partial charge in [0.2, 0.25) is 0 Å². The molecule has 34 heavy (non-hydrogen) atoms. The predicted octanol–water partition coefficient (Wildman–Crippen LogP) is 7.80. The minimum atomic E-state index is -4.37. The number of benzene rings is 2. The number of aliphatic hydroxyl groups is 1. The van der Waals surface area contributed by atoms with E-state index in [1.165, 1.54) is 50.9 Å². The zero-order chi connectivity index (χ0) is 24.0. The van der Waals surface area contributed by atoms with Crippen molar-refractivity contribution >= 4 is 16.6 Å². The topological polar surface area (TPSA) is 50.2 Å². The van der Waals surface area contributed by atoms with Gasteiger partial charge in [-0.05, 0) is 38.7 Å². The largest absolute Gasteiger partial charge is 0.512 e. The van der Waals surface area contributed by atoms with Crippen molar-refractivity contribution < 1.29 is 43.2 Å². The fourth-order valence-corrected chi connectivity index (χ4v) is 4.20. The van der Waals surface area contributed by atoms with Crippen LogP contribution in [0.2, 0.25) is 0 Å². The molecule has 1 aliphatic rings. The van der Waals surface area contributed by atoms with Crippen molar-refractivity contribution in [3.05, 3.63) is 77.7 Å². The van der Waals surface area contributed by atoms with Gasteiger partial charge in [0.1, 0.15) is 0 Å². The number of pyridine rings is 1. The van der Waals surface area contributed by atoms with E-state index < -0.39 is 11.7 Å². The Kier molecular flexibility index (Phi) is 10.0. The number of fused-ring (bicyclic) bond motifs is 1. The van der Waals surface area contributed by atoms with Crippen LogP contribution in [-0.2, 0) is 31.1 Å². The SMILES string of the molecule is CC(=O)/C=C(/C)O.FC(F)(F)c1ccnc(-c2[c-]c3ccccc3c(C3CCCCC3)c2)c1.[Ir]. The van der Waals surface area contributed by atoms with E-state index in [2.05, 4.69) is 17.1 Å². The van der Waals surface area contributed by atoms with E-state index in [9.17, 15) is 18.0 Å². The van der Waals surface area contributed by atoms with Gasteiger partial charge in [0.15, 0.2) is 5.78 Å². The molecular formula is C27H27F3IrNO2-. The fourth-order valence-electron chi connectivity index (χ4n) is 4.20. The molecule has 1 saturated carbocycles. The van der Waals surface area contributed by atoms with E-state index in [-0.39, 0.29) is 31.6 Å². The second-order valence-electron chi connectivity index (χ2n) is 8.34. The Morgan fingerprint density at radius 1 is 1.09 bits per heavy atom. The van der Waals surface area contributed by atoms with Crippen LogP contribution in [0.5, 0.6) is 0 Å². The normalized spacial score (nSPS) is 14.7. The molecule has 1 aliphatic carbocycles. The first-order chi connectivity index (χ1) is 15.6. The number of hydrogen-bond donors (Lipinski definition) is 1. The molecule has 0 saturated heterocycles. The number of hydrogen-bond acceptors (Lipinski definition) is 3. The van der Waals surface area contributed by atoms with Crippen LogP contribution in [-0.4, -0.2) is 15.9 Å². The summed E-state index contributed by atoms with van der Waals surface area (Å²) in [6, 6.07) is 15.4. The first-order valence-electron chi connectivity index (χ1n) is 11.0. The number of ketones is 1. The summed E-state index contributed by atoms with van der Waals surface area (Å²) < 4.78 is 39.2. The molecule has 3 nitrogen and oxygen atoms in total. The summed E-state index contributed by atoms with van der Waals surface area (Å²) in [5, 5.41) is 10.4. The van der Waals surface area contributed by atoms with E-state index in [1.54, 1.807) is 0 Å². The summed E-state index contributed by atoms with van der Waals surface area (Å²) >= 11 is 0. The molecule has 1 fully saturated rings. The van der Waals surface area contributed by atoms with Crippen LogP contribution in [0.25, 0.3) is 22.0 Å². The standard InChI is InChI=1S/C22H19F3N.C5H8O2.Ir/c23-22(24,25)18-10-11-26-21(14-18)17-12-16-8-4-5-9-19(16)20(13-17)15-6-2-1-3-7-15;1-4(6)3-5(2)7;/h4-5,8-11,13-15H,1-3,6-7H2;3,6H,1-2H3;/q-1;;/b;4-3-;. The fraction of sp³-hybridized carbons (Fsp3) is 0.333. The van der Waals surface area contributed by atoms with Gasteiger partial charge in [-0.15, -0.1) is 29.1 Å². The first kappa shape index (κ1) is 27.7. The third-order valence-corrected chi connectivity index (χ3v) is 5.63. The van der Waals surface area contributed by atoms with E-state index in [0.717, 1.165) is 35.7 Å². The van der Waals surface area contributed by atoms with Crippen LogP contribution in [0, 0.1) is 6.07 Å². The van der Waals surface area contributed by atoms with Crippen LogP contribution in [0.1, 0.15) is 63.0 Å². The Morgan fingerprint density at radius 2 is 1.76 bits per heavy atom. The molecule has 1 N–H and O–H groups in total. The zero-order valence-corrected chi connectivity index (χ0v) is 21.5. The number of carbonyl (C=O) groups excluding carboxylic acids is 1. The Balaban J connectivity index is 0.000000449. The van der Waals surface area contributed by atoms with Gasteiger partial charge in [-0.25, -0.2) is 0 Å². The molecule has 0 atom stereocenters. The monoisotopic (exact) mass is 647 g/mol. The van der Waals surface area contributed by atoms with Crippen LogP contribution >= 0.6 is 0 Å². The van der Waals surface area contributed by atoms with Gasteiger partial charge >= 0.3 is 6.18 Å². The smallest absolute Gasteiger partial charge is 0.415 e. The molecule has 4 rings (SSSR count). The third-order valence-electron chi connectivity index (χ3n) is 5.63. The molecule has 1 heterocycles. The molecule has 1 aromatic heterocycles. The minimum Gasteiger partial charge on any atom is -0.512 e. The number of carbonyl (C=O) groups is 1. The summed E-state index contributed by atoms with van der Waals surface area (Å²) in [6.45, 7) is 2.85. The quantitative estimate of drug-likeness (QED) is 0.180. The molecule has 1 radical (unpaired) electrons. The van der Waals surface area contributed by atoms with Gasteiger partial charge in [0, 0.05) is 38.1 Å². The van der Waals surface area contributed by atoms with Gasteiger partial charge in [-0.3, -0.25) is 9.78 Å². The van der Waals surface area contributed by atoms with Gasteiger partial charge in [0.25, 0.3) is 0 Å². The number of rotatable bonds is 3. The van der Waals surface area contributed by atoms with E-state index in [1.807, 2.05) is 24.3 Å². The maximum absolute atomic E-state index is 13.1. The second-order valence-corrected chi connectivity index (χ2v) is 8.34. The van der Waals surface area contributed by atoms with Crippen LogP contribution in [0.4, 0.5) is 13.2 Å². The Labute approximate surface area is 211 Å². The summed E-state index contributed by atoms with van der Waals surface area (Å²) in [7, 11) is 0.